The lowest BCUT2D eigenvalue weighted by molar-refractivity contribution is 0.372. The van der Waals surface area contributed by atoms with Crippen LogP contribution in [0.3, 0.4) is 0 Å². The van der Waals surface area contributed by atoms with Crippen LogP contribution in [0.15, 0.2) is 54.6 Å². The number of benzene rings is 3. The zero-order chi connectivity index (χ0) is 21.3. The molecule has 4 heteroatoms. The van der Waals surface area contributed by atoms with Gasteiger partial charge in [-0.05, 0) is 59.2 Å². The SMILES string of the molecule is CCCc1ccc(C2=CCc3c(ccc(-c4ccc(OC)c(F)c4F)c3F)C2)cc1. The van der Waals surface area contributed by atoms with Crippen LogP contribution in [0.25, 0.3) is 16.7 Å². The van der Waals surface area contributed by atoms with E-state index in [9.17, 15) is 8.78 Å². The van der Waals surface area contributed by atoms with E-state index in [1.54, 1.807) is 0 Å². The number of halogens is 3. The normalized spacial score (nSPS) is 13.0. The third-order valence-electron chi connectivity index (χ3n) is 5.69. The maximum atomic E-state index is 15.3. The molecule has 0 atom stereocenters. The van der Waals surface area contributed by atoms with Crippen molar-refractivity contribution in [3.8, 4) is 16.9 Å². The standard InChI is InChI=1S/C26H23F3O/c1-3-4-16-5-7-17(8-6-16)18-9-11-20-19(15-18)10-12-21(24(20)27)22-13-14-23(30-2)26(29)25(22)28/h5-10,12-14H,3-4,11,15H2,1-2H3. The van der Waals surface area contributed by atoms with Crippen molar-refractivity contribution in [1.29, 1.82) is 0 Å². The molecule has 0 saturated carbocycles. The van der Waals surface area contributed by atoms with Crippen molar-refractivity contribution in [2.24, 2.45) is 0 Å². The molecule has 0 unspecified atom stereocenters. The molecule has 0 spiro atoms. The minimum absolute atomic E-state index is 0.0635. The summed E-state index contributed by atoms with van der Waals surface area (Å²) in [6.45, 7) is 2.16. The molecule has 0 amide bonds. The molecule has 1 nitrogen and oxygen atoms in total. The van der Waals surface area contributed by atoms with Crippen molar-refractivity contribution in [3.63, 3.8) is 0 Å². The molecule has 0 aliphatic heterocycles. The average Bonchev–Trinajstić information content (AvgIpc) is 2.77. The molecule has 0 heterocycles. The highest BCUT2D eigenvalue weighted by atomic mass is 19.2. The first-order valence-corrected chi connectivity index (χ1v) is 10.1. The molecule has 0 N–H and O–H groups in total. The Balaban J connectivity index is 1.65. The van der Waals surface area contributed by atoms with E-state index in [0.717, 1.165) is 29.5 Å². The molecule has 0 aromatic heterocycles. The molecule has 0 fully saturated rings. The smallest absolute Gasteiger partial charge is 0.201 e. The first kappa shape index (κ1) is 20.3. The van der Waals surface area contributed by atoms with Gasteiger partial charge in [0.15, 0.2) is 11.6 Å². The third kappa shape index (κ3) is 3.62. The van der Waals surface area contributed by atoms with Crippen LogP contribution >= 0.6 is 0 Å². The number of methoxy groups -OCH3 is 1. The summed E-state index contributed by atoms with van der Waals surface area (Å²) in [7, 11) is 1.26. The van der Waals surface area contributed by atoms with Gasteiger partial charge in [0.25, 0.3) is 0 Å². The van der Waals surface area contributed by atoms with Crippen LogP contribution in [0.5, 0.6) is 5.75 Å². The van der Waals surface area contributed by atoms with Crippen molar-refractivity contribution in [3.05, 3.63) is 94.3 Å². The number of hydrogen-bond acceptors (Lipinski definition) is 1. The minimum Gasteiger partial charge on any atom is -0.494 e. The quantitative estimate of drug-likeness (QED) is 0.445. The molecular weight excluding hydrogens is 385 g/mol. The third-order valence-corrected chi connectivity index (χ3v) is 5.69. The highest BCUT2D eigenvalue weighted by Crippen LogP contribution is 2.36. The Labute approximate surface area is 174 Å². The summed E-state index contributed by atoms with van der Waals surface area (Å²) in [6.07, 6.45) is 5.21. The lowest BCUT2D eigenvalue weighted by Crippen LogP contribution is -2.07. The van der Waals surface area contributed by atoms with E-state index >= 15 is 4.39 Å². The van der Waals surface area contributed by atoms with E-state index in [0.29, 0.717) is 18.4 Å². The molecule has 1 aliphatic carbocycles. The lowest BCUT2D eigenvalue weighted by Gasteiger charge is -2.20. The topological polar surface area (TPSA) is 9.23 Å². The van der Waals surface area contributed by atoms with Gasteiger partial charge in [-0.15, -0.1) is 0 Å². The van der Waals surface area contributed by atoms with E-state index < -0.39 is 17.5 Å². The number of aryl methyl sites for hydroxylation is 1. The predicted octanol–water partition coefficient (Wildman–Crippen LogP) is 6.91. The molecule has 30 heavy (non-hydrogen) atoms. The molecule has 154 valence electrons. The highest BCUT2D eigenvalue weighted by molar-refractivity contribution is 5.74. The summed E-state index contributed by atoms with van der Waals surface area (Å²) in [5, 5.41) is 0. The summed E-state index contributed by atoms with van der Waals surface area (Å²) < 4.78 is 48.6. The Hall–Kier alpha value is -3.01. The molecule has 1 aliphatic rings. The second kappa shape index (κ2) is 8.39. The van der Waals surface area contributed by atoms with Gasteiger partial charge in [0.05, 0.1) is 7.11 Å². The zero-order valence-corrected chi connectivity index (χ0v) is 17.1. The van der Waals surface area contributed by atoms with Gasteiger partial charge in [0, 0.05) is 11.1 Å². The minimum atomic E-state index is -1.11. The van der Waals surface area contributed by atoms with Gasteiger partial charge in [-0.3, -0.25) is 0 Å². The molecule has 4 rings (SSSR count). The predicted molar refractivity (Wildman–Crippen MR) is 114 cm³/mol. The summed E-state index contributed by atoms with van der Waals surface area (Å²) in [4.78, 5) is 0. The number of fused-ring (bicyclic) bond motifs is 1. The van der Waals surface area contributed by atoms with E-state index in [4.69, 9.17) is 4.74 Å². The first-order chi connectivity index (χ1) is 14.5. The Morgan fingerprint density at radius 3 is 2.23 bits per heavy atom. The van der Waals surface area contributed by atoms with Crippen LogP contribution in [-0.4, -0.2) is 7.11 Å². The maximum absolute atomic E-state index is 15.3. The Morgan fingerprint density at radius 2 is 1.53 bits per heavy atom. The molecule has 0 saturated heterocycles. The molecular formula is C26H23F3O. The van der Waals surface area contributed by atoms with Gasteiger partial charge in [0.2, 0.25) is 5.82 Å². The summed E-state index contributed by atoms with van der Waals surface area (Å²) >= 11 is 0. The molecule has 0 radical (unpaired) electrons. The fourth-order valence-corrected chi connectivity index (χ4v) is 4.05. The van der Waals surface area contributed by atoms with Crippen LogP contribution in [0.2, 0.25) is 0 Å². The van der Waals surface area contributed by atoms with Gasteiger partial charge in [-0.25, -0.2) is 8.78 Å². The highest BCUT2D eigenvalue weighted by Gasteiger charge is 2.22. The average molecular weight is 408 g/mol. The van der Waals surface area contributed by atoms with E-state index in [-0.39, 0.29) is 16.9 Å². The van der Waals surface area contributed by atoms with Crippen LogP contribution in [0, 0.1) is 17.5 Å². The largest absolute Gasteiger partial charge is 0.494 e. The second-order valence-corrected chi connectivity index (χ2v) is 7.57. The zero-order valence-electron chi connectivity index (χ0n) is 17.1. The van der Waals surface area contributed by atoms with E-state index in [2.05, 4.69) is 31.2 Å². The second-order valence-electron chi connectivity index (χ2n) is 7.57. The van der Waals surface area contributed by atoms with Gasteiger partial charge in [0.1, 0.15) is 5.82 Å². The number of rotatable bonds is 5. The van der Waals surface area contributed by atoms with Crippen molar-refractivity contribution >= 4 is 5.57 Å². The summed E-state index contributed by atoms with van der Waals surface area (Å²) in [5.41, 5.74) is 4.97. The Morgan fingerprint density at radius 1 is 0.833 bits per heavy atom. The van der Waals surface area contributed by atoms with Crippen molar-refractivity contribution in [1.82, 2.24) is 0 Å². The van der Waals surface area contributed by atoms with Gasteiger partial charge < -0.3 is 4.74 Å². The lowest BCUT2D eigenvalue weighted by atomic mass is 9.85. The van der Waals surface area contributed by atoms with Crippen LogP contribution in [0.1, 0.15) is 35.6 Å². The van der Waals surface area contributed by atoms with Crippen molar-refractivity contribution in [2.75, 3.05) is 7.11 Å². The molecule has 3 aromatic rings. The fraction of sp³-hybridized carbons (Fsp3) is 0.231. The maximum Gasteiger partial charge on any atom is 0.201 e. The number of hydrogen-bond donors (Lipinski definition) is 0. The van der Waals surface area contributed by atoms with Gasteiger partial charge >= 0.3 is 0 Å². The van der Waals surface area contributed by atoms with Crippen molar-refractivity contribution in [2.45, 2.75) is 32.6 Å². The van der Waals surface area contributed by atoms with Crippen LogP contribution < -0.4 is 4.74 Å². The Bertz CT molecular complexity index is 1110. The Kier molecular flexibility index (Phi) is 5.67. The van der Waals surface area contributed by atoms with Crippen LogP contribution in [-0.2, 0) is 19.3 Å². The van der Waals surface area contributed by atoms with E-state index in [1.165, 1.54) is 30.9 Å². The fourth-order valence-electron chi connectivity index (χ4n) is 4.05. The summed E-state index contributed by atoms with van der Waals surface area (Å²) in [6, 6.07) is 14.5. The summed E-state index contributed by atoms with van der Waals surface area (Å²) in [5.74, 6) is -2.91. The first-order valence-electron chi connectivity index (χ1n) is 10.1. The molecule has 3 aromatic carbocycles. The monoisotopic (exact) mass is 408 g/mol. The number of allylic oxidation sites excluding steroid dienone is 2. The molecule has 0 bridgehead atoms. The van der Waals surface area contributed by atoms with Gasteiger partial charge in [-0.1, -0.05) is 55.8 Å². The number of ether oxygens (including phenoxy) is 1. The van der Waals surface area contributed by atoms with Gasteiger partial charge in [-0.2, -0.15) is 4.39 Å². The van der Waals surface area contributed by atoms with Crippen molar-refractivity contribution < 1.29 is 17.9 Å². The van der Waals surface area contributed by atoms with Crippen LogP contribution in [0.4, 0.5) is 13.2 Å². The van der Waals surface area contributed by atoms with E-state index in [1.807, 2.05) is 12.1 Å².